The summed E-state index contributed by atoms with van der Waals surface area (Å²) in [5, 5.41) is 44.7. The van der Waals surface area contributed by atoms with Crippen LogP contribution in [0.15, 0.2) is 0 Å². The van der Waals surface area contributed by atoms with Crippen LogP contribution < -0.4 is 47.9 Å². The van der Waals surface area contributed by atoms with E-state index in [1.165, 1.54) is 48.5 Å². The van der Waals surface area contributed by atoms with Crippen molar-refractivity contribution in [3.05, 3.63) is 0 Å². The highest BCUT2D eigenvalue weighted by Gasteiger charge is 2.42. The number of Topliss-reactive ketones (excluding diaryl/α,β-unsaturated/α-hetero) is 1. The predicted molar refractivity (Wildman–Crippen MR) is 304 cm³/mol. The van der Waals surface area contributed by atoms with Crippen LogP contribution in [0, 0.1) is 23.7 Å². The Morgan fingerprint density at radius 1 is 0.620 bits per heavy atom. The lowest BCUT2D eigenvalue weighted by molar-refractivity contribution is -0.142. The molecule has 22 nitrogen and oxygen atoms in total. The van der Waals surface area contributed by atoms with Gasteiger partial charge in [-0.15, -0.1) is 0 Å². The number of aliphatic hydroxyl groups excluding tert-OH is 2. The maximum Gasteiger partial charge on any atom is 0.246 e. The number of unbranched alkanes of at least 4 members (excludes halogenated alkanes) is 3. The summed E-state index contributed by atoms with van der Waals surface area (Å²) in [5.41, 5.74) is -4.64. The van der Waals surface area contributed by atoms with Crippen LogP contribution in [-0.4, -0.2) is 159 Å². The normalized spacial score (nSPS) is 17.7. The molecule has 22 heteroatoms. The van der Waals surface area contributed by atoms with Gasteiger partial charge in [0.1, 0.15) is 52.6 Å². The highest BCUT2D eigenvalue weighted by molar-refractivity contribution is 6.00. The van der Waals surface area contributed by atoms with Crippen molar-refractivity contribution in [1.29, 1.82) is 0 Å². The van der Waals surface area contributed by atoms with Gasteiger partial charge in [-0.1, -0.05) is 93.9 Å². The van der Waals surface area contributed by atoms with Gasteiger partial charge in [-0.05, 0) is 105 Å². The van der Waals surface area contributed by atoms with Gasteiger partial charge in [0.25, 0.3) is 0 Å². The molecule has 1 saturated heterocycles. The third kappa shape index (κ3) is 24.2. The molecule has 0 aromatic carbocycles. The van der Waals surface area contributed by atoms with E-state index < -0.39 is 112 Å². The monoisotopic (exact) mass is 1120 g/mol. The van der Waals surface area contributed by atoms with Crippen molar-refractivity contribution in [2.75, 3.05) is 26.2 Å². The molecule has 0 aliphatic carbocycles. The standard InChI is InChI=1S/C57H104N10O12/c1-17-21-22-23-25-37(8)51(76)67-28-24-26-43(67)48(73)61-42(31-34(5)30-41(70)32-40(69)20-4)47(72)60-39(10)46(71)64-55(11,12)53(78)63-44(35(6)18-2)49(74)62-45(36(7)19-3)50(75)65-57(15,16)54(79)66-56(13,14)52(77)59-38(9)33-58-27-29-68/h34-39,41-45,58,68,70H,17-33H2,1-16H3,(H,59,77)(H,60,72)(H,61,73)(H,62,74)(H,63,78)(H,64,71)(H,65,75)(H,66,79)/t34?,35?,36?,37?,38?,39-,41?,42-,43-,44-,45-/m0/s1. The second-order valence-corrected chi connectivity index (χ2v) is 23.9. The number of aliphatic hydroxyl groups is 2. The van der Waals surface area contributed by atoms with Crippen molar-refractivity contribution in [2.45, 2.75) is 253 Å². The van der Waals surface area contributed by atoms with Gasteiger partial charge in [-0.25, -0.2) is 0 Å². The number of carbonyl (C=O) groups excluding carboxylic acids is 10. The molecule has 454 valence electrons. The van der Waals surface area contributed by atoms with Crippen molar-refractivity contribution in [3.8, 4) is 0 Å². The Morgan fingerprint density at radius 2 is 1.18 bits per heavy atom. The minimum absolute atomic E-state index is 0.0296. The van der Waals surface area contributed by atoms with Crippen molar-refractivity contribution < 1.29 is 58.2 Å². The van der Waals surface area contributed by atoms with Crippen LogP contribution in [-0.2, 0) is 47.9 Å². The number of likely N-dealkylation sites (tertiary alicyclic amines) is 1. The smallest absolute Gasteiger partial charge is 0.246 e. The molecular weight excluding hydrogens is 1020 g/mol. The van der Waals surface area contributed by atoms with Crippen LogP contribution in [0.5, 0.6) is 0 Å². The quantitative estimate of drug-likeness (QED) is 0.0399. The molecule has 1 fully saturated rings. The lowest BCUT2D eigenvalue weighted by Crippen LogP contribution is -2.66. The molecule has 0 radical (unpaired) electrons. The Hall–Kier alpha value is -5.22. The van der Waals surface area contributed by atoms with Gasteiger partial charge in [0.2, 0.25) is 53.2 Å². The zero-order valence-corrected chi connectivity index (χ0v) is 50.8. The van der Waals surface area contributed by atoms with Gasteiger partial charge in [-0.3, -0.25) is 47.9 Å². The molecule has 6 unspecified atom stereocenters. The highest BCUT2D eigenvalue weighted by atomic mass is 16.3. The summed E-state index contributed by atoms with van der Waals surface area (Å²) in [6.45, 7) is 27.6. The number of carbonyl (C=O) groups is 10. The number of rotatable bonds is 37. The van der Waals surface area contributed by atoms with Crippen LogP contribution in [0.2, 0.25) is 0 Å². The molecule has 0 bridgehead atoms. The second-order valence-electron chi connectivity index (χ2n) is 23.9. The van der Waals surface area contributed by atoms with E-state index in [4.69, 9.17) is 5.11 Å². The van der Waals surface area contributed by atoms with Gasteiger partial charge < -0.3 is 63.0 Å². The summed E-state index contributed by atoms with van der Waals surface area (Å²) in [6, 6.07) is -5.98. The molecule has 11 N–H and O–H groups in total. The predicted octanol–water partition coefficient (Wildman–Crippen LogP) is 2.55. The molecule has 1 heterocycles. The first kappa shape index (κ1) is 71.8. The Morgan fingerprint density at radius 3 is 1.75 bits per heavy atom. The lowest BCUT2D eigenvalue weighted by atomic mass is 9.92. The summed E-state index contributed by atoms with van der Waals surface area (Å²) >= 11 is 0. The molecule has 0 aromatic heterocycles. The average molecular weight is 1120 g/mol. The van der Waals surface area contributed by atoms with E-state index in [0.29, 0.717) is 51.7 Å². The van der Waals surface area contributed by atoms with E-state index in [0.717, 1.165) is 25.7 Å². The van der Waals surface area contributed by atoms with E-state index in [2.05, 4.69) is 54.8 Å². The summed E-state index contributed by atoms with van der Waals surface area (Å²) in [6.07, 6.45) is 6.01. The maximum absolute atomic E-state index is 14.2. The number of ketones is 1. The number of nitrogens with one attached hydrogen (secondary N) is 9. The van der Waals surface area contributed by atoms with Crippen molar-refractivity contribution in [2.24, 2.45) is 23.7 Å². The topological polar surface area (TPSA) is 323 Å². The van der Waals surface area contributed by atoms with Gasteiger partial charge >= 0.3 is 0 Å². The fourth-order valence-electron chi connectivity index (χ4n) is 9.15. The third-order valence-electron chi connectivity index (χ3n) is 15.0. The van der Waals surface area contributed by atoms with E-state index in [1.54, 1.807) is 39.5 Å². The molecule has 1 rings (SSSR count). The molecule has 11 atom stereocenters. The first-order valence-electron chi connectivity index (χ1n) is 29.0. The van der Waals surface area contributed by atoms with E-state index in [1.807, 2.05) is 20.8 Å². The second kappa shape index (κ2) is 34.2. The van der Waals surface area contributed by atoms with Crippen LogP contribution in [0.3, 0.4) is 0 Å². The summed E-state index contributed by atoms with van der Waals surface area (Å²) in [7, 11) is 0. The Kier molecular flexibility index (Phi) is 31.0. The highest BCUT2D eigenvalue weighted by Crippen LogP contribution is 2.24. The van der Waals surface area contributed by atoms with Gasteiger partial charge in [-0.2, -0.15) is 0 Å². The fourth-order valence-corrected chi connectivity index (χ4v) is 9.15. The molecule has 1 aliphatic heterocycles. The van der Waals surface area contributed by atoms with Crippen LogP contribution >= 0.6 is 0 Å². The number of amides is 9. The van der Waals surface area contributed by atoms with Crippen LogP contribution in [0.4, 0.5) is 0 Å². The third-order valence-corrected chi connectivity index (χ3v) is 15.0. The van der Waals surface area contributed by atoms with Crippen LogP contribution in [0.1, 0.15) is 194 Å². The van der Waals surface area contributed by atoms with Crippen LogP contribution in [0.25, 0.3) is 0 Å². The SMILES string of the molecule is CCCCCCC(C)C(=O)N1CCC[C@H]1C(=O)N[C@@H](CC(C)CC(O)CC(=O)CC)C(=O)N[C@@H](C)C(=O)NC(C)(C)C(=O)N[C@H](C(=O)N[C@H](C(=O)NC(C)(C)C(=O)NC(C)(C)C(=O)NC(C)CNCCO)C(C)CC)C(C)CC. The first-order valence-corrected chi connectivity index (χ1v) is 29.0. The van der Waals surface area contributed by atoms with E-state index in [-0.39, 0.29) is 61.9 Å². The van der Waals surface area contributed by atoms with Gasteiger partial charge in [0.05, 0.1) is 12.7 Å². The van der Waals surface area contributed by atoms with Crippen molar-refractivity contribution >= 4 is 58.9 Å². The molecule has 9 amide bonds. The molecule has 79 heavy (non-hydrogen) atoms. The van der Waals surface area contributed by atoms with E-state index in [9.17, 15) is 53.1 Å². The fraction of sp³-hybridized carbons (Fsp3) is 0.825. The summed E-state index contributed by atoms with van der Waals surface area (Å²) in [4.78, 5) is 138. The van der Waals surface area contributed by atoms with Gasteiger partial charge in [0, 0.05) is 44.4 Å². The molecular formula is C57H104N10O12. The molecule has 1 aliphatic rings. The van der Waals surface area contributed by atoms with Crippen molar-refractivity contribution in [1.82, 2.24) is 52.8 Å². The zero-order valence-electron chi connectivity index (χ0n) is 50.8. The Labute approximate surface area is 471 Å². The summed E-state index contributed by atoms with van der Waals surface area (Å²) < 4.78 is 0. The first-order chi connectivity index (χ1) is 36.7. The zero-order chi connectivity index (χ0) is 60.6. The van der Waals surface area contributed by atoms with E-state index >= 15 is 0 Å². The molecule has 0 spiro atoms. The Balaban J connectivity index is 3.27. The van der Waals surface area contributed by atoms with Crippen molar-refractivity contribution in [3.63, 3.8) is 0 Å². The average Bonchev–Trinajstić information content (AvgIpc) is 3.87. The Bertz CT molecular complexity index is 2030. The maximum atomic E-state index is 14.2. The number of hydrogen-bond donors (Lipinski definition) is 11. The number of nitrogens with zero attached hydrogens (tertiary/aromatic N) is 1. The minimum atomic E-state index is -1.67. The number of hydrogen-bond acceptors (Lipinski definition) is 13. The minimum Gasteiger partial charge on any atom is -0.395 e. The largest absolute Gasteiger partial charge is 0.395 e. The molecule has 0 aromatic rings. The lowest BCUT2D eigenvalue weighted by Gasteiger charge is -2.35. The molecule has 0 saturated carbocycles. The summed E-state index contributed by atoms with van der Waals surface area (Å²) in [5.74, 6) is -7.12. The van der Waals surface area contributed by atoms with Gasteiger partial charge in [0.15, 0.2) is 0 Å².